The summed E-state index contributed by atoms with van der Waals surface area (Å²) in [5, 5.41) is 8.89. The van der Waals surface area contributed by atoms with Gasteiger partial charge in [0.05, 0.1) is 12.5 Å². The molecule has 0 fully saturated rings. The van der Waals surface area contributed by atoms with E-state index in [0.717, 1.165) is 16.9 Å². The SMILES string of the molecule is CC(C)(C)c1ccccc1OCc1ccccc1CC#N. The summed E-state index contributed by atoms with van der Waals surface area (Å²) in [5.41, 5.74) is 3.35. The molecule has 108 valence electrons. The first kappa shape index (κ1) is 15.1. The maximum atomic E-state index is 8.89. The topological polar surface area (TPSA) is 33.0 Å². The van der Waals surface area contributed by atoms with Crippen molar-refractivity contribution in [2.24, 2.45) is 0 Å². The molecule has 0 unspecified atom stereocenters. The molecule has 2 rings (SSSR count). The van der Waals surface area contributed by atoms with Crippen LogP contribution in [0.5, 0.6) is 5.75 Å². The van der Waals surface area contributed by atoms with E-state index in [2.05, 4.69) is 32.9 Å². The molecular formula is C19H21NO. The highest BCUT2D eigenvalue weighted by atomic mass is 16.5. The summed E-state index contributed by atoms with van der Waals surface area (Å²) in [6.07, 6.45) is 0.417. The lowest BCUT2D eigenvalue weighted by atomic mass is 9.86. The third kappa shape index (κ3) is 3.86. The summed E-state index contributed by atoms with van der Waals surface area (Å²) in [5.74, 6) is 0.914. The van der Waals surface area contributed by atoms with Crippen LogP contribution in [-0.2, 0) is 18.4 Å². The van der Waals surface area contributed by atoms with Gasteiger partial charge < -0.3 is 4.74 Å². The highest BCUT2D eigenvalue weighted by Crippen LogP contribution is 2.31. The Morgan fingerprint density at radius 2 is 1.57 bits per heavy atom. The molecule has 0 aromatic heterocycles. The lowest BCUT2D eigenvalue weighted by molar-refractivity contribution is 0.296. The fraction of sp³-hybridized carbons (Fsp3) is 0.316. The summed E-state index contributed by atoms with van der Waals surface area (Å²) < 4.78 is 6.03. The van der Waals surface area contributed by atoms with Crippen LogP contribution in [0.4, 0.5) is 0 Å². The molecule has 0 heterocycles. The van der Waals surface area contributed by atoms with E-state index in [1.165, 1.54) is 5.56 Å². The van der Waals surface area contributed by atoms with Gasteiger partial charge in [-0.1, -0.05) is 63.2 Å². The minimum atomic E-state index is 0.0444. The third-order valence-electron chi connectivity index (χ3n) is 3.47. The van der Waals surface area contributed by atoms with Crippen LogP contribution >= 0.6 is 0 Å². The van der Waals surface area contributed by atoms with Gasteiger partial charge in [0.15, 0.2) is 0 Å². The Morgan fingerprint density at radius 3 is 2.24 bits per heavy atom. The van der Waals surface area contributed by atoms with E-state index in [-0.39, 0.29) is 5.41 Å². The van der Waals surface area contributed by atoms with E-state index in [1.807, 2.05) is 42.5 Å². The van der Waals surface area contributed by atoms with Crippen molar-refractivity contribution < 1.29 is 4.74 Å². The molecule has 0 spiro atoms. The zero-order valence-corrected chi connectivity index (χ0v) is 12.9. The molecule has 2 aromatic rings. The number of nitriles is 1. The minimum Gasteiger partial charge on any atom is -0.489 e. The number of benzene rings is 2. The van der Waals surface area contributed by atoms with Crippen molar-refractivity contribution in [1.29, 1.82) is 5.26 Å². The molecule has 0 amide bonds. The number of hydrogen-bond donors (Lipinski definition) is 0. The highest BCUT2D eigenvalue weighted by molar-refractivity contribution is 5.39. The summed E-state index contributed by atoms with van der Waals surface area (Å²) in [6.45, 7) is 7.03. The third-order valence-corrected chi connectivity index (χ3v) is 3.47. The van der Waals surface area contributed by atoms with Crippen LogP contribution in [0.25, 0.3) is 0 Å². The first-order chi connectivity index (χ1) is 10.0. The quantitative estimate of drug-likeness (QED) is 0.817. The van der Waals surface area contributed by atoms with E-state index in [9.17, 15) is 0 Å². The Kier molecular flexibility index (Phi) is 4.65. The fourth-order valence-corrected chi connectivity index (χ4v) is 2.32. The van der Waals surface area contributed by atoms with E-state index in [1.54, 1.807) is 0 Å². The van der Waals surface area contributed by atoms with Gasteiger partial charge in [-0.3, -0.25) is 0 Å². The number of hydrogen-bond acceptors (Lipinski definition) is 2. The Balaban J connectivity index is 2.20. The number of nitrogens with zero attached hydrogens (tertiary/aromatic N) is 1. The molecule has 2 aromatic carbocycles. The van der Waals surface area contributed by atoms with Crippen LogP contribution in [0.3, 0.4) is 0 Å². The molecule has 0 bridgehead atoms. The Hall–Kier alpha value is -2.27. The molecule has 0 N–H and O–H groups in total. The largest absolute Gasteiger partial charge is 0.489 e. The normalized spacial score (nSPS) is 11.0. The second-order valence-electron chi connectivity index (χ2n) is 6.14. The van der Waals surface area contributed by atoms with Gasteiger partial charge in [0.25, 0.3) is 0 Å². The monoisotopic (exact) mass is 279 g/mol. The maximum absolute atomic E-state index is 8.89. The van der Waals surface area contributed by atoms with Gasteiger partial charge in [0, 0.05) is 0 Å². The predicted octanol–water partition coefficient (Wildman–Crippen LogP) is 4.63. The van der Waals surface area contributed by atoms with E-state index < -0.39 is 0 Å². The number of rotatable bonds is 4. The van der Waals surface area contributed by atoms with E-state index in [4.69, 9.17) is 10.00 Å². The van der Waals surface area contributed by atoms with Crippen molar-refractivity contribution in [1.82, 2.24) is 0 Å². The molecule has 0 atom stereocenters. The smallest absolute Gasteiger partial charge is 0.123 e. The summed E-state index contributed by atoms with van der Waals surface area (Å²) >= 11 is 0. The van der Waals surface area contributed by atoms with Gasteiger partial charge in [0.1, 0.15) is 12.4 Å². The predicted molar refractivity (Wildman–Crippen MR) is 85.2 cm³/mol. The lowest BCUT2D eigenvalue weighted by Gasteiger charge is -2.23. The van der Waals surface area contributed by atoms with Crippen molar-refractivity contribution in [2.75, 3.05) is 0 Å². The van der Waals surface area contributed by atoms with Crippen LogP contribution in [0, 0.1) is 11.3 Å². The maximum Gasteiger partial charge on any atom is 0.123 e. The van der Waals surface area contributed by atoms with Gasteiger partial charge >= 0.3 is 0 Å². The second kappa shape index (κ2) is 6.45. The minimum absolute atomic E-state index is 0.0444. The fourth-order valence-electron chi connectivity index (χ4n) is 2.32. The lowest BCUT2D eigenvalue weighted by Crippen LogP contribution is -2.13. The molecule has 0 saturated heterocycles. The van der Waals surface area contributed by atoms with Crippen LogP contribution in [-0.4, -0.2) is 0 Å². The standard InChI is InChI=1S/C19H21NO/c1-19(2,3)17-10-6-7-11-18(17)21-14-16-9-5-4-8-15(16)12-13-20/h4-11H,12,14H2,1-3H3. The average Bonchev–Trinajstić information content (AvgIpc) is 2.46. The molecule has 0 saturated carbocycles. The zero-order chi connectivity index (χ0) is 15.3. The van der Waals surface area contributed by atoms with Crippen molar-refractivity contribution in [3.05, 3.63) is 65.2 Å². The second-order valence-corrected chi connectivity index (χ2v) is 6.14. The van der Waals surface area contributed by atoms with E-state index in [0.29, 0.717) is 13.0 Å². The summed E-state index contributed by atoms with van der Waals surface area (Å²) in [6, 6.07) is 18.3. The zero-order valence-electron chi connectivity index (χ0n) is 12.9. The van der Waals surface area contributed by atoms with Crippen molar-refractivity contribution in [3.8, 4) is 11.8 Å². The highest BCUT2D eigenvalue weighted by Gasteiger charge is 2.18. The Labute approximate surface area is 127 Å². The molecule has 2 heteroatoms. The molecule has 0 aliphatic heterocycles. The van der Waals surface area contributed by atoms with Crippen LogP contribution < -0.4 is 4.74 Å². The summed E-state index contributed by atoms with van der Waals surface area (Å²) in [4.78, 5) is 0. The van der Waals surface area contributed by atoms with E-state index >= 15 is 0 Å². The van der Waals surface area contributed by atoms with Gasteiger partial charge in [-0.05, 0) is 28.2 Å². The van der Waals surface area contributed by atoms with Gasteiger partial charge in [-0.15, -0.1) is 0 Å². The van der Waals surface area contributed by atoms with Crippen molar-refractivity contribution in [3.63, 3.8) is 0 Å². The average molecular weight is 279 g/mol. The molecule has 21 heavy (non-hydrogen) atoms. The molecule has 0 radical (unpaired) electrons. The van der Waals surface area contributed by atoms with Gasteiger partial charge in [0.2, 0.25) is 0 Å². The molecular weight excluding hydrogens is 258 g/mol. The first-order valence-corrected chi connectivity index (χ1v) is 7.18. The number of ether oxygens (including phenoxy) is 1. The van der Waals surface area contributed by atoms with Crippen molar-refractivity contribution in [2.45, 2.75) is 39.2 Å². The molecule has 2 nitrogen and oxygen atoms in total. The number of para-hydroxylation sites is 1. The van der Waals surface area contributed by atoms with Crippen molar-refractivity contribution >= 4 is 0 Å². The Morgan fingerprint density at radius 1 is 0.952 bits per heavy atom. The van der Waals surface area contributed by atoms with Crippen LogP contribution in [0.2, 0.25) is 0 Å². The van der Waals surface area contributed by atoms with Gasteiger partial charge in [-0.2, -0.15) is 5.26 Å². The molecule has 0 aliphatic rings. The van der Waals surface area contributed by atoms with Crippen LogP contribution in [0.1, 0.15) is 37.5 Å². The first-order valence-electron chi connectivity index (χ1n) is 7.18. The summed E-state index contributed by atoms with van der Waals surface area (Å²) in [7, 11) is 0. The van der Waals surface area contributed by atoms with Gasteiger partial charge in [-0.25, -0.2) is 0 Å². The Bertz CT molecular complexity index is 647. The van der Waals surface area contributed by atoms with Crippen LogP contribution in [0.15, 0.2) is 48.5 Å². The molecule has 0 aliphatic carbocycles.